The summed E-state index contributed by atoms with van der Waals surface area (Å²) in [6.07, 6.45) is 6.90. The van der Waals surface area contributed by atoms with Crippen LogP contribution < -0.4 is 10.6 Å². The van der Waals surface area contributed by atoms with Gasteiger partial charge in [-0.3, -0.25) is 4.99 Å². The SMILES string of the molecule is CSc1cccc(SC)c1NC(=O)NCC1(c2ccc(C3C=NCC3)cc2)OC(C)C(C)O1. The first-order chi connectivity index (χ1) is 16.0. The van der Waals surface area contributed by atoms with Crippen LogP contribution in [-0.4, -0.2) is 50.1 Å². The molecular formula is C25H31N3O3S2. The molecule has 0 saturated carbocycles. The first-order valence-electron chi connectivity index (χ1n) is 11.2. The third-order valence-electron chi connectivity index (χ3n) is 6.19. The van der Waals surface area contributed by atoms with Crippen molar-refractivity contribution in [3.8, 4) is 0 Å². The average Bonchev–Trinajstić information content (AvgIpc) is 3.47. The van der Waals surface area contributed by atoms with Gasteiger partial charge in [-0.2, -0.15) is 0 Å². The van der Waals surface area contributed by atoms with E-state index in [9.17, 15) is 4.79 Å². The molecule has 0 aliphatic carbocycles. The molecule has 2 aliphatic rings. The lowest BCUT2D eigenvalue weighted by Crippen LogP contribution is -2.43. The number of urea groups is 1. The molecule has 2 N–H and O–H groups in total. The molecule has 2 amide bonds. The first kappa shape index (κ1) is 24.1. The predicted molar refractivity (Wildman–Crippen MR) is 137 cm³/mol. The maximum absolute atomic E-state index is 12.9. The largest absolute Gasteiger partial charge is 0.339 e. The molecule has 2 aromatic carbocycles. The number of amides is 2. The van der Waals surface area contributed by atoms with Gasteiger partial charge in [-0.25, -0.2) is 4.79 Å². The van der Waals surface area contributed by atoms with Gasteiger partial charge >= 0.3 is 6.03 Å². The van der Waals surface area contributed by atoms with Crippen molar-refractivity contribution in [1.29, 1.82) is 0 Å². The number of hydrogen-bond donors (Lipinski definition) is 2. The monoisotopic (exact) mass is 485 g/mol. The molecule has 0 bridgehead atoms. The average molecular weight is 486 g/mol. The lowest BCUT2D eigenvalue weighted by atomic mass is 9.95. The lowest BCUT2D eigenvalue weighted by Gasteiger charge is -2.29. The number of ether oxygens (including phenoxy) is 2. The Balaban J connectivity index is 1.51. The van der Waals surface area contributed by atoms with Crippen molar-refractivity contribution in [2.75, 3.05) is 30.9 Å². The summed E-state index contributed by atoms with van der Waals surface area (Å²) in [5, 5.41) is 6.01. The number of para-hydroxylation sites is 1. The van der Waals surface area contributed by atoms with E-state index < -0.39 is 5.79 Å². The van der Waals surface area contributed by atoms with Crippen LogP contribution in [0, 0.1) is 0 Å². The van der Waals surface area contributed by atoms with Crippen molar-refractivity contribution in [2.45, 2.75) is 54.0 Å². The van der Waals surface area contributed by atoms with Gasteiger partial charge in [0.15, 0.2) is 0 Å². The van der Waals surface area contributed by atoms with Crippen LogP contribution >= 0.6 is 23.5 Å². The van der Waals surface area contributed by atoms with Gasteiger partial charge in [-0.1, -0.05) is 30.3 Å². The van der Waals surface area contributed by atoms with Gasteiger partial charge in [0, 0.05) is 34.0 Å². The maximum Gasteiger partial charge on any atom is 0.319 e. The van der Waals surface area contributed by atoms with Gasteiger partial charge < -0.3 is 20.1 Å². The van der Waals surface area contributed by atoms with E-state index >= 15 is 0 Å². The summed E-state index contributed by atoms with van der Waals surface area (Å²) in [4.78, 5) is 19.3. The molecule has 8 heteroatoms. The molecule has 1 fully saturated rings. The molecular weight excluding hydrogens is 454 g/mol. The molecule has 0 aromatic heterocycles. The standard InChI is InChI=1S/C25H31N3O3S2/c1-16-17(2)31-25(30-16,20-10-8-18(9-11-20)19-12-13-26-14-19)15-27-24(29)28-23-21(32-3)6-5-7-22(23)33-4/h5-11,14,16-17,19H,12-13,15H2,1-4H3,(H2,27,28,29). The number of thioether (sulfide) groups is 2. The Morgan fingerprint density at radius 2 is 1.70 bits per heavy atom. The van der Waals surface area contributed by atoms with Crippen LogP contribution in [0.5, 0.6) is 0 Å². The Morgan fingerprint density at radius 3 is 2.24 bits per heavy atom. The van der Waals surface area contributed by atoms with Gasteiger partial charge in [-0.05, 0) is 50.5 Å². The smallest absolute Gasteiger partial charge is 0.319 e. The van der Waals surface area contributed by atoms with Crippen molar-refractivity contribution in [1.82, 2.24) is 5.32 Å². The summed E-state index contributed by atoms with van der Waals surface area (Å²) in [7, 11) is 0. The molecule has 33 heavy (non-hydrogen) atoms. The molecule has 2 heterocycles. The number of hydrogen-bond acceptors (Lipinski definition) is 6. The first-order valence-corrected chi connectivity index (χ1v) is 13.6. The zero-order chi connectivity index (χ0) is 23.4. The van der Waals surface area contributed by atoms with Crippen LogP contribution in [0.15, 0.2) is 57.2 Å². The Labute approximate surface area is 204 Å². The molecule has 2 aromatic rings. The highest BCUT2D eigenvalue weighted by atomic mass is 32.2. The van der Waals surface area contributed by atoms with Crippen molar-refractivity contribution in [3.63, 3.8) is 0 Å². The van der Waals surface area contributed by atoms with Gasteiger partial charge in [0.05, 0.1) is 24.4 Å². The van der Waals surface area contributed by atoms with Crippen LogP contribution in [0.1, 0.15) is 37.3 Å². The van der Waals surface area contributed by atoms with E-state index in [0.29, 0.717) is 5.92 Å². The highest BCUT2D eigenvalue weighted by Crippen LogP contribution is 2.38. The van der Waals surface area contributed by atoms with Crippen LogP contribution in [0.3, 0.4) is 0 Å². The van der Waals surface area contributed by atoms with E-state index in [1.807, 2.05) is 62.9 Å². The zero-order valence-electron chi connectivity index (χ0n) is 19.5. The van der Waals surface area contributed by atoms with E-state index in [1.165, 1.54) is 5.56 Å². The van der Waals surface area contributed by atoms with Crippen LogP contribution in [0.4, 0.5) is 10.5 Å². The van der Waals surface area contributed by atoms with Crippen molar-refractivity contribution in [3.05, 3.63) is 53.6 Å². The van der Waals surface area contributed by atoms with Crippen LogP contribution in [0.25, 0.3) is 0 Å². The lowest BCUT2D eigenvalue weighted by molar-refractivity contribution is -0.176. The number of aliphatic imine (C=N–C) groups is 1. The van der Waals surface area contributed by atoms with Crippen LogP contribution in [0.2, 0.25) is 0 Å². The van der Waals surface area contributed by atoms with E-state index in [4.69, 9.17) is 9.47 Å². The molecule has 0 radical (unpaired) electrons. The molecule has 176 valence electrons. The summed E-state index contributed by atoms with van der Waals surface area (Å²) in [5.41, 5.74) is 2.95. The Kier molecular flexibility index (Phi) is 7.69. The molecule has 4 rings (SSSR count). The number of nitrogens with zero attached hydrogens (tertiary/aromatic N) is 1. The molecule has 1 saturated heterocycles. The van der Waals surface area contributed by atoms with Gasteiger partial charge in [0.2, 0.25) is 5.79 Å². The minimum Gasteiger partial charge on any atom is -0.339 e. The zero-order valence-corrected chi connectivity index (χ0v) is 21.1. The maximum atomic E-state index is 12.9. The van der Waals surface area contributed by atoms with E-state index in [2.05, 4.69) is 27.8 Å². The van der Waals surface area contributed by atoms with Gasteiger partial charge in [0.25, 0.3) is 0 Å². The van der Waals surface area contributed by atoms with Gasteiger partial charge in [-0.15, -0.1) is 23.5 Å². The Hall–Kier alpha value is -2.00. The summed E-state index contributed by atoms with van der Waals surface area (Å²) >= 11 is 3.21. The Morgan fingerprint density at radius 1 is 1.06 bits per heavy atom. The van der Waals surface area contributed by atoms with E-state index in [-0.39, 0.29) is 24.8 Å². The van der Waals surface area contributed by atoms with Crippen LogP contribution in [-0.2, 0) is 15.3 Å². The summed E-state index contributed by atoms with van der Waals surface area (Å²) in [5.74, 6) is -0.663. The number of nitrogens with one attached hydrogen (secondary N) is 2. The minimum atomic E-state index is -1.03. The minimum absolute atomic E-state index is 0.0863. The summed E-state index contributed by atoms with van der Waals surface area (Å²) in [6.45, 7) is 5.08. The van der Waals surface area contributed by atoms with Gasteiger partial charge in [0.1, 0.15) is 0 Å². The highest BCUT2D eigenvalue weighted by molar-refractivity contribution is 7.99. The molecule has 3 unspecified atom stereocenters. The number of carbonyl (C=O) groups excluding carboxylic acids is 1. The predicted octanol–water partition coefficient (Wildman–Crippen LogP) is 5.49. The number of carbonyl (C=O) groups is 1. The topological polar surface area (TPSA) is 72.0 Å². The molecule has 0 spiro atoms. The third-order valence-corrected chi connectivity index (χ3v) is 7.75. The number of rotatable bonds is 7. The quantitative estimate of drug-likeness (QED) is 0.508. The third kappa shape index (κ3) is 5.24. The van der Waals surface area contributed by atoms with Crippen molar-refractivity contribution < 1.29 is 14.3 Å². The van der Waals surface area contributed by atoms with Crippen molar-refractivity contribution in [2.24, 2.45) is 4.99 Å². The van der Waals surface area contributed by atoms with E-state index in [0.717, 1.165) is 34.0 Å². The summed E-state index contributed by atoms with van der Waals surface area (Å²) < 4.78 is 12.6. The number of anilines is 1. The molecule has 6 nitrogen and oxygen atoms in total. The highest BCUT2D eigenvalue weighted by Gasteiger charge is 2.46. The second kappa shape index (κ2) is 10.5. The summed E-state index contributed by atoms with van der Waals surface area (Å²) in [6, 6.07) is 14.0. The molecule has 2 aliphatic heterocycles. The normalized spacial score (nSPS) is 26.5. The van der Waals surface area contributed by atoms with E-state index in [1.54, 1.807) is 23.5 Å². The second-order valence-corrected chi connectivity index (χ2v) is 10.0. The fourth-order valence-electron chi connectivity index (χ4n) is 4.20. The Bertz CT molecular complexity index is 980. The number of benzene rings is 2. The second-order valence-electron chi connectivity index (χ2n) is 8.32. The fraction of sp³-hybridized carbons (Fsp3) is 0.440. The fourth-order valence-corrected chi connectivity index (χ4v) is 5.42. The van der Waals surface area contributed by atoms with Crippen molar-refractivity contribution >= 4 is 41.5 Å². The molecule has 3 atom stereocenters.